The first kappa shape index (κ1) is 9.78. The second-order valence-electron chi connectivity index (χ2n) is 4.53. The van der Waals surface area contributed by atoms with E-state index in [9.17, 15) is 0 Å². The van der Waals surface area contributed by atoms with Gasteiger partial charge in [0.05, 0.1) is 0 Å². The molecule has 1 fully saturated rings. The fourth-order valence-electron chi connectivity index (χ4n) is 1.85. The van der Waals surface area contributed by atoms with Crippen molar-refractivity contribution in [3.8, 4) is 0 Å². The average Bonchev–Trinajstić information content (AvgIpc) is 2.93. The molecule has 2 nitrogen and oxygen atoms in total. The lowest BCUT2D eigenvalue weighted by atomic mass is 10.2. The Hall–Kier alpha value is -0.760. The van der Waals surface area contributed by atoms with E-state index in [1.54, 1.807) is 0 Å². The summed E-state index contributed by atoms with van der Waals surface area (Å²) in [6.07, 6.45) is 2.86. The molecule has 1 saturated carbocycles. The highest BCUT2D eigenvalue weighted by Gasteiger charge is 2.20. The second-order valence-corrected chi connectivity index (χ2v) is 4.53. The predicted molar refractivity (Wildman–Crippen MR) is 59.3 cm³/mol. The molecule has 1 N–H and O–H groups in total. The molecule has 2 rings (SSSR count). The Kier molecular flexibility index (Phi) is 2.64. The number of nitrogens with zero attached hydrogens (tertiary/aromatic N) is 1. The molecule has 2 heteroatoms. The molecule has 0 bridgehead atoms. The lowest BCUT2D eigenvalue weighted by Crippen LogP contribution is -2.16. The summed E-state index contributed by atoms with van der Waals surface area (Å²) in [5.74, 6) is 0.972. The Morgan fingerprint density at radius 1 is 1.43 bits per heavy atom. The van der Waals surface area contributed by atoms with Crippen molar-refractivity contribution in [3.05, 3.63) is 23.0 Å². The molecule has 0 amide bonds. The average molecular weight is 192 g/mol. The van der Waals surface area contributed by atoms with Crippen LogP contribution in [0, 0.1) is 19.8 Å². The molecule has 0 radical (unpaired) electrons. The molecule has 0 aromatic carbocycles. The molecule has 1 aromatic heterocycles. The number of aryl methyl sites for hydroxylation is 1. The van der Waals surface area contributed by atoms with Crippen molar-refractivity contribution in [2.75, 3.05) is 6.54 Å². The molecule has 0 aliphatic heterocycles. The van der Waals surface area contributed by atoms with Crippen LogP contribution in [0.15, 0.2) is 6.07 Å². The van der Waals surface area contributed by atoms with Crippen LogP contribution in [0.5, 0.6) is 0 Å². The van der Waals surface area contributed by atoms with Gasteiger partial charge in [-0.3, -0.25) is 0 Å². The van der Waals surface area contributed by atoms with Gasteiger partial charge in [-0.05, 0) is 50.8 Å². The van der Waals surface area contributed by atoms with Crippen molar-refractivity contribution in [2.45, 2.75) is 33.2 Å². The number of nitrogens with one attached hydrogen (secondary N) is 1. The van der Waals surface area contributed by atoms with Gasteiger partial charge in [0.1, 0.15) is 0 Å². The summed E-state index contributed by atoms with van der Waals surface area (Å²) in [5, 5.41) is 3.53. The zero-order valence-electron chi connectivity index (χ0n) is 9.43. The smallest absolute Gasteiger partial charge is 0.0223 e. The minimum absolute atomic E-state index is 0.972. The van der Waals surface area contributed by atoms with Crippen LogP contribution in [-0.4, -0.2) is 11.1 Å². The molecule has 0 atom stereocenters. The van der Waals surface area contributed by atoms with Gasteiger partial charge < -0.3 is 9.88 Å². The van der Waals surface area contributed by atoms with Crippen molar-refractivity contribution in [2.24, 2.45) is 13.0 Å². The van der Waals surface area contributed by atoms with Gasteiger partial charge in [0.2, 0.25) is 0 Å². The van der Waals surface area contributed by atoms with Crippen LogP contribution in [0.4, 0.5) is 0 Å². The fraction of sp³-hybridized carbons (Fsp3) is 0.667. The van der Waals surface area contributed by atoms with Gasteiger partial charge in [0, 0.05) is 25.0 Å². The predicted octanol–water partition coefficient (Wildman–Crippen LogP) is 2.14. The Morgan fingerprint density at radius 3 is 2.64 bits per heavy atom. The number of rotatable bonds is 4. The van der Waals surface area contributed by atoms with E-state index >= 15 is 0 Å². The van der Waals surface area contributed by atoms with Crippen LogP contribution in [0.1, 0.15) is 29.8 Å². The van der Waals surface area contributed by atoms with Gasteiger partial charge in [-0.2, -0.15) is 0 Å². The molecule has 0 unspecified atom stereocenters. The van der Waals surface area contributed by atoms with Gasteiger partial charge in [0.15, 0.2) is 0 Å². The molecular weight excluding hydrogens is 172 g/mol. The molecule has 1 aromatic rings. The third-order valence-corrected chi connectivity index (χ3v) is 3.33. The quantitative estimate of drug-likeness (QED) is 0.773. The minimum Gasteiger partial charge on any atom is -0.352 e. The van der Waals surface area contributed by atoms with Gasteiger partial charge in [-0.15, -0.1) is 0 Å². The van der Waals surface area contributed by atoms with Crippen molar-refractivity contribution < 1.29 is 0 Å². The van der Waals surface area contributed by atoms with Crippen LogP contribution in [0.25, 0.3) is 0 Å². The number of hydrogen-bond acceptors (Lipinski definition) is 1. The molecule has 14 heavy (non-hydrogen) atoms. The van der Waals surface area contributed by atoms with E-state index in [-0.39, 0.29) is 0 Å². The van der Waals surface area contributed by atoms with Crippen LogP contribution in [-0.2, 0) is 13.6 Å². The summed E-state index contributed by atoms with van der Waals surface area (Å²) < 4.78 is 2.26. The summed E-state index contributed by atoms with van der Waals surface area (Å²) in [6, 6.07) is 2.29. The molecule has 1 aliphatic carbocycles. The molecule has 1 heterocycles. The lowest BCUT2D eigenvalue weighted by molar-refractivity contribution is 0.635. The van der Waals surface area contributed by atoms with Gasteiger partial charge in [-0.1, -0.05) is 0 Å². The molecule has 1 aliphatic rings. The molecule has 78 valence electrons. The van der Waals surface area contributed by atoms with Gasteiger partial charge in [-0.25, -0.2) is 0 Å². The summed E-state index contributed by atoms with van der Waals surface area (Å²) in [5.41, 5.74) is 4.20. The van der Waals surface area contributed by atoms with Gasteiger partial charge in [0.25, 0.3) is 0 Å². The van der Waals surface area contributed by atoms with E-state index in [0.29, 0.717) is 0 Å². The first-order valence-corrected chi connectivity index (χ1v) is 5.51. The standard InChI is InChI=1S/C12H20N2/c1-9-6-12(10(2)14(9)3)8-13-7-11-4-5-11/h6,11,13H,4-5,7-8H2,1-3H3. The summed E-state index contributed by atoms with van der Waals surface area (Å²) in [6.45, 7) is 6.59. The fourth-order valence-corrected chi connectivity index (χ4v) is 1.85. The van der Waals surface area contributed by atoms with E-state index in [2.05, 4.69) is 36.8 Å². The minimum atomic E-state index is 0.972. The Labute approximate surface area is 86.3 Å². The van der Waals surface area contributed by atoms with Crippen LogP contribution in [0.2, 0.25) is 0 Å². The first-order valence-electron chi connectivity index (χ1n) is 5.51. The SMILES string of the molecule is Cc1cc(CNCC2CC2)c(C)n1C. The van der Waals surface area contributed by atoms with Crippen molar-refractivity contribution in [3.63, 3.8) is 0 Å². The van der Waals surface area contributed by atoms with Crippen LogP contribution >= 0.6 is 0 Å². The largest absolute Gasteiger partial charge is 0.352 e. The first-order chi connectivity index (χ1) is 6.68. The topological polar surface area (TPSA) is 17.0 Å². The number of aromatic nitrogens is 1. The van der Waals surface area contributed by atoms with Crippen molar-refractivity contribution >= 4 is 0 Å². The van der Waals surface area contributed by atoms with Crippen LogP contribution < -0.4 is 5.32 Å². The normalized spacial score (nSPS) is 16.2. The zero-order valence-corrected chi connectivity index (χ0v) is 9.43. The maximum Gasteiger partial charge on any atom is 0.0223 e. The molecule has 0 saturated heterocycles. The summed E-state index contributed by atoms with van der Waals surface area (Å²) >= 11 is 0. The highest BCUT2D eigenvalue weighted by Crippen LogP contribution is 2.27. The van der Waals surface area contributed by atoms with E-state index in [1.165, 1.54) is 36.3 Å². The maximum atomic E-state index is 3.53. The van der Waals surface area contributed by atoms with Crippen molar-refractivity contribution in [1.82, 2.24) is 9.88 Å². The van der Waals surface area contributed by atoms with E-state index < -0.39 is 0 Å². The highest BCUT2D eigenvalue weighted by molar-refractivity contribution is 5.26. The van der Waals surface area contributed by atoms with Crippen molar-refractivity contribution in [1.29, 1.82) is 0 Å². The Morgan fingerprint density at radius 2 is 2.14 bits per heavy atom. The third-order valence-electron chi connectivity index (χ3n) is 3.33. The third kappa shape index (κ3) is 2.01. The lowest BCUT2D eigenvalue weighted by Gasteiger charge is -2.04. The number of hydrogen-bond donors (Lipinski definition) is 1. The van der Waals surface area contributed by atoms with Crippen LogP contribution in [0.3, 0.4) is 0 Å². The molecule has 0 spiro atoms. The van der Waals surface area contributed by atoms with E-state index in [4.69, 9.17) is 0 Å². The Balaban J connectivity index is 1.90. The zero-order chi connectivity index (χ0) is 10.1. The van der Waals surface area contributed by atoms with E-state index in [0.717, 1.165) is 12.5 Å². The van der Waals surface area contributed by atoms with E-state index in [1.807, 2.05) is 0 Å². The Bertz CT molecular complexity index is 321. The monoisotopic (exact) mass is 192 g/mol. The summed E-state index contributed by atoms with van der Waals surface area (Å²) in [4.78, 5) is 0. The second kappa shape index (κ2) is 3.77. The highest BCUT2D eigenvalue weighted by atomic mass is 15.0. The maximum absolute atomic E-state index is 3.53. The summed E-state index contributed by atoms with van der Waals surface area (Å²) in [7, 11) is 2.13. The molecular formula is C12H20N2. The van der Waals surface area contributed by atoms with Gasteiger partial charge >= 0.3 is 0 Å².